The van der Waals surface area contributed by atoms with E-state index in [0.29, 0.717) is 37.8 Å². The molecule has 2 saturated heterocycles. The summed E-state index contributed by atoms with van der Waals surface area (Å²) in [5.41, 5.74) is 3.68. The summed E-state index contributed by atoms with van der Waals surface area (Å²) in [5.74, 6) is 2.01. The quantitative estimate of drug-likeness (QED) is 0.126. The number of benzene rings is 1. The maximum absolute atomic E-state index is 12.8. The van der Waals surface area contributed by atoms with Crippen LogP contribution in [0.25, 0.3) is 33.9 Å². The van der Waals surface area contributed by atoms with Crippen LogP contribution in [0.3, 0.4) is 0 Å². The maximum atomic E-state index is 12.8. The molecule has 2 fully saturated rings. The minimum Gasteiger partial charge on any atom is -0.465 e. The Kier molecular flexibility index (Phi) is 10.1. The van der Waals surface area contributed by atoms with Crippen molar-refractivity contribution < 1.29 is 24.2 Å². The predicted octanol–water partition coefficient (Wildman–Crippen LogP) is 7.60. The first kappa shape index (κ1) is 35.3. The molecule has 5 heterocycles. The van der Waals surface area contributed by atoms with Gasteiger partial charge in [-0.25, -0.2) is 29.5 Å². The van der Waals surface area contributed by atoms with Crippen LogP contribution in [0.2, 0.25) is 25.7 Å². The van der Waals surface area contributed by atoms with E-state index in [4.69, 9.17) is 24.4 Å². The molecule has 14 heteroatoms. The van der Waals surface area contributed by atoms with Crippen LogP contribution in [-0.4, -0.2) is 90.0 Å². The van der Waals surface area contributed by atoms with Gasteiger partial charge in [-0.05, 0) is 58.1 Å². The number of carbonyl (C=O) groups is 2. The Hall–Kier alpha value is -4.56. The van der Waals surface area contributed by atoms with Gasteiger partial charge in [0.15, 0.2) is 5.82 Å². The van der Waals surface area contributed by atoms with Crippen LogP contribution in [0.4, 0.5) is 9.59 Å². The third-order valence-electron chi connectivity index (χ3n) is 9.09. The van der Waals surface area contributed by atoms with Crippen molar-refractivity contribution in [3.63, 3.8) is 0 Å². The molecule has 2 N–H and O–H groups in total. The highest BCUT2D eigenvalue weighted by Crippen LogP contribution is 2.35. The van der Waals surface area contributed by atoms with Gasteiger partial charge < -0.3 is 24.1 Å². The molecule has 2 atom stereocenters. The van der Waals surface area contributed by atoms with Crippen LogP contribution in [0, 0.1) is 0 Å². The summed E-state index contributed by atoms with van der Waals surface area (Å²) in [6.07, 6.45) is 9.09. The van der Waals surface area contributed by atoms with E-state index in [0.717, 1.165) is 59.2 Å². The zero-order chi connectivity index (χ0) is 35.6. The molecule has 13 nitrogen and oxygen atoms in total. The Morgan fingerprint density at radius 2 is 1.54 bits per heavy atom. The van der Waals surface area contributed by atoms with Gasteiger partial charge in [-0.15, -0.1) is 0 Å². The molecular formula is C36H48N8O5Si. The fourth-order valence-electron chi connectivity index (χ4n) is 6.47. The third-order valence-corrected chi connectivity index (χ3v) is 10.8. The Morgan fingerprint density at radius 3 is 2.20 bits per heavy atom. The number of nitrogens with one attached hydrogen (secondary N) is 1. The number of hydrogen-bond donors (Lipinski definition) is 2. The summed E-state index contributed by atoms with van der Waals surface area (Å²) in [4.78, 5) is 50.1. The number of likely N-dealkylation sites (tertiary alicyclic amines) is 2. The molecule has 1 aromatic carbocycles. The molecule has 2 amide bonds. The van der Waals surface area contributed by atoms with Crippen LogP contribution >= 0.6 is 0 Å². The van der Waals surface area contributed by atoms with Gasteiger partial charge in [-0.3, -0.25) is 9.80 Å². The van der Waals surface area contributed by atoms with Gasteiger partial charge in [0, 0.05) is 51.3 Å². The lowest BCUT2D eigenvalue weighted by molar-refractivity contribution is 0.0218. The fourth-order valence-corrected chi connectivity index (χ4v) is 7.23. The van der Waals surface area contributed by atoms with Gasteiger partial charge in [0.2, 0.25) is 0 Å². The van der Waals surface area contributed by atoms with Crippen LogP contribution in [0.15, 0.2) is 49.1 Å². The summed E-state index contributed by atoms with van der Waals surface area (Å²) in [7, 11) is -1.28. The summed E-state index contributed by atoms with van der Waals surface area (Å²) >= 11 is 0. The van der Waals surface area contributed by atoms with Gasteiger partial charge >= 0.3 is 12.2 Å². The molecular weight excluding hydrogens is 653 g/mol. The Bertz CT molecular complexity index is 1790. The Labute approximate surface area is 294 Å². The first-order valence-corrected chi connectivity index (χ1v) is 21.1. The third kappa shape index (κ3) is 8.07. The zero-order valence-corrected chi connectivity index (χ0v) is 30.8. The minimum absolute atomic E-state index is 0.150. The first-order chi connectivity index (χ1) is 23.8. The second-order valence-corrected chi connectivity index (χ2v) is 20.9. The molecule has 3 aromatic heterocycles. The molecule has 4 aromatic rings. The van der Waals surface area contributed by atoms with Crippen molar-refractivity contribution in [2.75, 3.05) is 19.7 Å². The van der Waals surface area contributed by atoms with Crippen molar-refractivity contribution in [3.8, 4) is 33.9 Å². The van der Waals surface area contributed by atoms with Gasteiger partial charge in [-0.2, -0.15) is 0 Å². The molecule has 50 heavy (non-hydrogen) atoms. The van der Waals surface area contributed by atoms with Gasteiger partial charge in [0.25, 0.3) is 0 Å². The minimum atomic E-state index is -1.28. The maximum Gasteiger partial charge on any atom is 0.410 e. The number of nitrogens with zero attached hydrogens (tertiary/aromatic N) is 7. The van der Waals surface area contributed by atoms with Crippen molar-refractivity contribution in [3.05, 3.63) is 60.7 Å². The number of aromatic nitrogens is 6. The van der Waals surface area contributed by atoms with E-state index in [1.165, 1.54) is 4.90 Å². The van der Waals surface area contributed by atoms with Crippen molar-refractivity contribution >= 4 is 20.3 Å². The molecule has 0 saturated carbocycles. The molecule has 0 spiro atoms. The summed E-state index contributed by atoms with van der Waals surface area (Å²) in [5, 5.41) is 9.81. The van der Waals surface area contributed by atoms with Gasteiger partial charge in [0.05, 0.1) is 35.9 Å². The van der Waals surface area contributed by atoms with Crippen molar-refractivity contribution in [2.24, 2.45) is 0 Å². The largest absolute Gasteiger partial charge is 0.465 e. The molecule has 6 rings (SSSR count). The lowest BCUT2D eigenvalue weighted by Gasteiger charge is -2.27. The number of hydrogen-bond acceptors (Lipinski definition) is 8. The number of H-pyrrole nitrogens is 1. The Morgan fingerprint density at radius 1 is 0.880 bits per heavy atom. The average molecular weight is 701 g/mol. The second kappa shape index (κ2) is 14.4. The van der Waals surface area contributed by atoms with E-state index in [1.807, 2.05) is 49.6 Å². The normalized spacial score (nSPS) is 18.2. The topological polar surface area (TPSA) is 152 Å². The van der Waals surface area contributed by atoms with Crippen molar-refractivity contribution in [1.82, 2.24) is 39.3 Å². The van der Waals surface area contributed by atoms with E-state index >= 15 is 0 Å². The van der Waals surface area contributed by atoms with Crippen LogP contribution in [0.1, 0.15) is 70.2 Å². The highest BCUT2D eigenvalue weighted by atomic mass is 28.3. The lowest BCUT2D eigenvalue weighted by Crippen LogP contribution is -2.36. The van der Waals surface area contributed by atoms with Crippen molar-refractivity contribution in [2.45, 2.75) is 96.6 Å². The van der Waals surface area contributed by atoms with E-state index < -0.39 is 19.8 Å². The highest BCUT2D eigenvalue weighted by molar-refractivity contribution is 6.76. The average Bonchev–Trinajstić information content (AvgIpc) is 3.88. The molecule has 2 aliphatic rings. The predicted molar refractivity (Wildman–Crippen MR) is 192 cm³/mol. The Balaban J connectivity index is 1.17. The molecule has 266 valence electrons. The summed E-state index contributed by atoms with van der Waals surface area (Å²) in [6.45, 7) is 14.6. The monoisotopic (exact) mass is 700 g/mol. The summed E-state index contributed by atoms with van der Waals surface area (Å²) in [6, 6.07) is 8.50. The van der Waals surface area contributed by atoms with E-state index in [-0.39, 0.29) is 24.9 Å². The molecule has 0 radical (unpaired) electrons. The number of carboxylic acid groups (broad SMARTS) is 1. The smallest absolute Gasteiger partial charge is 0.410 e. The van der Waals surface area contributed by atoms with Crippen molar-refractivity contribution in [1.29, 1.82) is 0 Å². The molecule has 0 aliphatic carbocycles. The number of rotatable bonds is 10. The number of carbonyl (C=O) groups excluding carboxylic acids is 1. The van der Waals surface area contributed by atoms with Crippen LogP contribution < -0.4 is 0 Å². The van der Waals surface area contributed by atoms with E-state index in [9.17, 15) is 14.7 Å². The summed E-state index contributed by atoms with van der Waals surface area (Å²) < 4.78 is 13.7. The fraction of sp³-hybridized carbons (Fsp3) is 0.500. The van der Waals surface area contributed by atoms with Gasteiger partial charge in [0.1, 0.15) is 24.0 Å². The lowest BCUT2D eigenvalue weighted by atomic mass is 10.1. The second-order valence-electron chi connectivity index (χ2n) is 15.3. The van der Waals surface area contributed by atoms with Gasteiger partial charge in [-0.1, -0.05) is 43.9 Å². The molecule has 2 aliphatic heterocycles. The van der Waals surface area contributed by atoms with Crippen LogP contribution in [-0.2, 0) is 16.2 Å². The standard InChI is InChI=1S/C36H48N8O5Si/c1-36(2,3)49-35(47)43-16-7-9-28(43)32-39-21-27(41-32)24-11-13-25(14-12-24)31-37-19-26(20-38-31)30-22-40-33(29-10-8-15-42(29)34(45)46)44(30)23-48-17-18-50(4,5)6/h11-14,19-22,28-29H,7-10,15-18,23H2,1-6H3,(H,39,41)(H,45,46)/t28-,29-/m0/s1. The number of imidazole rings is 2. The van der Waals surface area contributed by atoms with E-state index in [1.54, 1.807) is 29.7 Å². The number of amides is 2. The molecule has 0 bridgehead atoms. The molecule has 0 unspecified atom stereocenters. The number of aromatic amines is 1. The first-order valence-electron chi connectivity index (χ1n) is 17.4. The number of ether oxygens (including phenoxy) is 2. The van der Waals surface area contributed by atoms with Crippen LogP contribution in [0.5, 0.6) is 0 Å². The SMILES string of the molecule is CC(C)(C)OC(=O)N1CCC[C@H]1c1ncc(-c2ccc(-c3ncc(-c4cnc([C@@H]5CCCN5C(=O)O)n4COCC[Si](C)(C)C)cn3)cc2)[nH]1. The highest BCUT2D eigenvalue weighted by Gasteiger charge is 2.35. The van der Waals surface area contributed by atoms with E-state index in [2.05, 4.69) is 29.6 Å². The zero-order valence-electron chi connectivity index (χ0n) is 29.8.